The van der Waals surface area contributed by atoms with E-state index < -0.39 is 0 Å². The van der Waals surface area contributed by atoms with Crippen LogP contribution in [0, 0.1) is 5.82 Å². The summed E-state index contributed by atoms with van der Waals surface area (Å²) in [7, 11) is 0. The van der Waals surface area contributed by atoms with Crippen molar-refractivity contribution >= 4 is 11.7 Å². The molecule has 0 saturated heterocycles. The van der Waals surface area contributed by atoms with E-state index in [9.17, 15) is 14.0 Å². The summed E-state index contributed by atoms with van der Waals surface area (Å²) in [5.74, 6) is 0.0820. The van der Waals surface area contributed by atoms with Crippen molar-refractivity contribution in [1.82, 2.24) is 5.32 Å². The zero-order valence-corrected chi connectivity index (χ0v) is 15.7. The molecule has 28 heavy (non-hydrogen) atoms. The summed E-state index contributed by atoms with van der Waals surface area (Å²) < 4.78 is 18.8. The van der Waals surface area contributed by atoms with Crippen LogP contribution in [0.4, 0.5) is 4.39 Å². The Labute approximate surface area is 163 Å². The number of halogens is 1. The van der Waals surface area contributed by atoms with Crippen LogP contribution in [-0.2, 0) is 9.59 Å². The molecule has 2 atom stereocenters. The first-order chi connectivity index (χ1) is 13.5. The lowest BCUT2D eigenvalue weighted by molar-refractivity contribution is -0.122. The molecule has 4 nitrogen and oxygen atoms in total. The standard InChI is InChI=1S/C23H22FNO3/c1-2-28-18-5-3-4-15(10-18)19-13-22(27)25-20-11-16(12-21(26)23(19)20)14-6-8-17(24)9-7-14/h3-10,16,19H,2,11-13H2,1H3,(H,25,27)/t16-,19-/m1/s1. The maximum Gasteiger partial charge on any atom is 0.225 e. The van der Waals surface area contributed by atoms with Gasteiger partial charge in [0.15, 0.2) is 5.78 Å². The number of Topliss-reactive ketones (excluding diaryl/α,β-unsaturated/α-hetero) is 1. The Morgan fingerprint density at radius 1 is 1.04 bits per heavy atom. The molecule has 0 radical (unpaired) electrons. The van der Waals surface area contributed by atoms with E-state index in [1.807, 2.05) is 31.2 Å². The van der Waals surface area contributed by atoms with Gasteiger partial charge < -0.3 is 10.1 Å². The number of amides is 1. The summed E-state index contributed by atoms with van der Waals surface area (Å²) in [4.78, 5) is 25.4. The Balaban J connectivity index is 1.68. The molecule has 1 N–H and O–H groups in total. The SMILES string of the molecule is CCOc1cccc([C@H]2CC(=O)NC3=C2C(=O)C[C@H](c2ccc(F)cc2)C3)c1. The fourth-order valence-electron chi connectivity index (χ4n) is 4.20. The molecule has 1 heterocycles. The van der Waals surface area contributed by atoms with Crippen molar-refractivity contribution in [2.45, 2.75) is 38.0 Å². The van der Waals surface area contributed by atoms with Crippen LogP contribution in [0.1, 0.15) is 49.1 Å². The van der Waals surface area contributed by atoms with Gasteiger partial charge in [-0.15, -0.1) is 0 Å². The van der Waals surface area contributed by atoms with Crippen LogP contribution in [0.2, 0.25) is 0 Å². The predicted octanol–water partition coefficient (Wildman–Crippen LogP) is 4.23. The topological polar surface area (TPSA) is 55.4 Å². The lowest BCUT2D eigenvalue weighted by atomic mass is 9.73. The molecular weight excluding hydrogens is 357 g/mol. The molecule has 1 aliphatic carbocycles. The minimum Gasteiger partial charge on any atom is -0.494 e. The summed E-state index contributed by atoms with van der Waals surface area (Å²) in [6.07, 6.45) is 1.18. The zero-order chi connectivity index (χ0) is 19.7. The van der Waals surface area contributed by atoms with Gasteiger partial charge in [0.2, 0.25) is 5.91 Å². The molecule has 1 amide bonds. The number of ketones is 1. The molecule has 2 aromatic rings. The maximum absolute atomic E-state index is 13.2. The number of hydrogen-bond donors (Lipinski definition) is 1. The monoisotopic (exact) mass is 379 g/mol. The van der Waals surface area contributed by atoms with Gasteiger partial charge in [0.25, 0.3) is 0 Å². The molecule has 2 aromatic carbocycles. The number of nitrogens with one attached hydrogen (secondary N) is 1. The van der Waals surface area contributed by atoms with E-state index in [0.717, 1.165) is 16.9 Å². The Bertz CT molecular complexity index is 949. The van der Waals surface area contributed by atoms with Gasteiger partial charge in [-0.2, -0.15) is 0 Å². The zero-order valence-electron chi connectivity index (χ0n) is 15.7. The Morgan fingerprint density at radius 2 is 1.82 bits per heavy atom. The molecule has 5 heteroatoms. The molecule has 0 unspecified atom stereocenters. The Hall–Kier alpha value is -2.95. The van der Waals surface area contributed by atoms with Gasteiger partial charge in [-0.3, -0.25) is 9.59 Å². The van der Waals surface area contributed by atoms with Gasteiger partial charge in [0.1, 0.15) is 11.6 Å². The van der Waals surface area contributed by atoms with E-state index in [1.54, 1.807) is 12.1 Å². The fraction of sp³-hybridized carbons (Fsp3) is 0.304. The highest BCUT2D eigenvalue weighted by atomic mass is 19.1. The molecule has 2 aliphatic rings. The minimum atomic E-state index is -0.300. The largest absolute Gasteiger partial charge is 0.494 e. The van der Waals surface area contributed by atoms with Crippen molar-refractivity contribution in [2.24, 2.45) is 0 Å². The molecule has 144 valence electrons. The first kappa shape index (κ1) is 18.4. The maximum atomic E-state index is 13.2. The van der Waals surface area contributed by atoms with Crippen LogP contribution in [-0.4, -0.2) is 18.3 Å². The normalized spacial score (nSPS) is 21.9. The second-order valence-electron chi connectivity index (χ2n) is 7.28. The van der Waals surface area contributed by atoms with E-state index in [2.05, 4.69) is 5.32 Å². The van der Waals surface area contributed by atoms with Crippen LogP contribution < -0.4 is 10.1 Å². The molecular formula is C23H22FNO3. The van der Waals surface area contributed by atoms with E-state index in [4.69, 9.17) is 4.74 Å². The van der Waals surface area contributed by atoms with Gasteiger partial charge >= 0.3 is 0 Å². The number of benzene rings is 2. The number of hydrogen-bond acceptors (Lipinski definition) is 3. The number of ether oxygens (including phenoxy) is 1. The smallest absolute Gasteiger partial charge is 0.225 e. The molecule has 4 rings (SSSR count). The third-order valence-corrected chi connectivity index (χ3v) is 5.45. The third kappa shape index (κ3) is 3.57. The highest BCUT2D eigenvalue weighted by molar-refractivity contribution is 6.02. The third-order valence-electron chi connectivity index (χ3n) is 5.45. The van der Waals surface area contributed by atoms with E-state index in [0.29, 0.717) is 30.7 Å². The molecule has 0 fully saturated rings. The van der Waals surface area contributed by atoms with Crippen molar-refractivity contribution < 1.29 is 18.7 Å². The van der Waals surface area contributed by atoms with E-state index in [-0.39, 0.29) is 35.8 Å². The number of rotatable bonds is 4. The number of carbonyl (C=O) groups is 2. The van der Waals surface area contributed by atoms with Crippen LogP contribution in [0.25, 0.3) is 0 Å². The van der Waals surface area contributed by atoms with Crippen molar-refractivity contribution in [3.63, 3.8) is 0 Å². The second-order valence-corrected chi connectivity index (χ2v) is 7.28. The highest BCUT2D eigenvalue weighted by Gasteiger charge is 2.38. The van der Waals surface area contributed by atoms with E-state index >= 15 is 0 Å². The molecule has 0 spiro atoms. The van der Waals surface area contributed by atoms with Gasteiger partial charge in [-0.1, -0.05) is 24.3 Å². The van der Waals surface area contributed by atoms with Crippen LogP contribution >= 0.6 is 0 Å². The summed E-state index contributed by atoms with van der Waals surface area (Å²) in [6, 6.07) is 13.9. The lowest BCUT2D eigenvalue weighted by Gasteiger charge is -2.34. The molecule has 0 saturated carbocycles. The van der Waals surface area contributed by atoms with Crippen molar-refractivity contribution in [3.8, 4) is 5.75 Å². The average molecular weight is 379 g/mol. The van der Waals surface area contributed by atoms with Crippen molar-refractivity contribution in [3.05, 3.63) is 76.7 Å². The quantitative estimate of drug-likeness (QED) is 0.865. The lowest BCUT2D eigenvalue weighted by Crippen LogP contribution is -2.38. The molecule has 1 aliphatic heterocycles. The van der Waals surface area contributed by atoms with Gasteiger partial charge in [0, 0.05) is 30.0 Å². The molecule has 0 bridgehead atoms. The minimum absolute atomic E-state index is 0.0439. The second kappa shape index (κ2) is 7.58. The summed E-state index contributed by atoms with van der Waals surface area (Å²) >= 11 is 0. The summed E-state index contributed by atoms with van der Waals surface area (Å²) in [5, 5.41) is 2.91. The Kier molecular flexibility index (Phi) is 4.99. The Morgan fingerprint density at radius 3 is 2.57 bits per heavy atom. The number of allylic oxidation sites excluding steroid dienone is 2. The first-order valence-electron chi connectivity index (χ1n) is 9.59. The van der Waals surface area contributed by atoms with Gasteiger partial charge in [-0.25, -0.2) is 4.39 Å². The highest BCUT2D eigenvalue weighted by Crippen LogP contribution is 2.43. The summed E-state index contributed by atoms with van der Waals surface area (Å²) in [6.45, 7) is 2.47. The van der Waals surface area contributed by atoms with Crippen molar-refractivity contribution in [1.29, 1.82) is 0 Å². The average Bonchev–Trinajstić information content (AvgIpc) is 2.68. The van der Waals surface area contributed by atoms with Gasteiger partial charge in [0.05, 0.1) is 6.61 Å². The van der Waals surface area contributed by atoms with Crippen molar-refractivity contribution in [2.75, 3.05) is 6.61 Å². The number of carbonyl (C=O) groups excluding carboxylic acids is 2. The van der Waals surface area contributed by atoms with E-state index in [1.165, 1.54) is 12.1 Å². The van der Waals surface area contributed by atoms with Crippen LogP contribution in [0.5, 0.6) is 5.75 Å². The summed E-state index contributed by atoms with van der Waals surface area (Å²) in [5.41, 5.74) is 3.23. The fourth-order valence-corrected chi connectivity index (χ4v) is 4.20. The van der Waals surface area contributed by atoms with Crippen LogP contribution in [0.3, 0.4) is 0 Å². The van der Waals surface area contributed by atoms with Crippen LogP contribution in [0.15, 0.2) is 59.8 Å². The first-order valence-corrected chi connectivity index (χ1v) is 9.59. The predicted molar refractivity (Wildman–Crippen MR) is 104 cm³/mol. The molecule has 0 aromatic heterocycles. The van der Waals surface area contributed by atoms with Gasteiger partial charge in [-0.05, 0) is 54.7 Å².